The van der Waals surface area contributed by atoms with Crippen LogP contribution in [0.1, 0.15) is 5.56 Å². The Morgan fingerprint density at radius 2 is 2.47 bits per heavy atom. The Morgan fingerprint density at radius 3 is 3.18 bits per heavy atom. The molecule has 0 spiro atoms. The number of anilines is 1. The lowest BCUT2D eigenvalue weighted by Gasteiger charge is -2.24. The van der Waals surface area contributed by atoms with E-state index in [0.29, 0.717) is 18.2 Å². The molecule has 5 heteroatoms. The fourth-order valence-corrected chi connectivity index (χ4v) is 2.22. The third-order valence-corrected chi connectivity index (χ3v) is 3.32. The highest BCUT2D eigenvalue weighted by Crippen LogP contribution is 2.23. The number of hydrogen-bond acceptors (Lipinski definition) is 4. The summed E-state index contributed by atoms with van der Waals surface area (Å²) in [6.45, 7) is 3.13. The molecule has 1 aromatic rings. The Kier molecular flexibility index (Phi) is 4.37. The van der Waals surface area contributed by atoms with E-state index >= 15 is 0 Å². The molecule has 1 fully saturated rings. The van der Waals surface area contributed by atoms with Crippen molar-refractivity contribution in [2.24, 2.45) is 0 Å². The quantitative estimate of drug-likeness (QED) is 0.892. The molecular weight excluding hydrogens is 282 g/mol. The molecule has 0 radical (unpaired) electrons. The minimum Gasteiger partial charge on any atom is -0.382 e. The van der Waals surface area contributed by atoms with E-state index in [-0.39, 0.29) is 0 Å². The summed E-state index contributed by atoms with van der Waals surface area (Å²) in [5.41, 5.74) is 1.50. The fourth-order valence-electron chi connectivity index (χ4n) is 1.77. The Labute approximate surface area is 109 Å². The number of nitrogens with zero attached hydrogens (tertiary/aromatic N) is 1. The number of ether oxygens (including phenoxy) is 1. The van der Waals surface area contributed by atoms with E-state index < -0.39 is 0 Å². The van der Waals surface area contributed by atoms with Gasteiger partial charge in [0.15, 0.2) is 0 Å². The van der Waals surface area contributed by atoms with Crippen molar-refractivity contribution in [3.63, 3.8) is 0 Å². The molecular formula is C12H14BrN3O. The highest BCUT2D eigenvalue weighted by molar-refractivity contribution is 9.10. The zero-order valence-electron chi connectivity index (χ0n) is 9.37. The van der Waals surface area contributed by atoms with Crippen molar-refractivity contribution in [2.75, 3.05) is 31.6 Å². The largest absolute Gasteiger partial charge is 0.382 e. The van der Waals surface area contributed by atoms with Crippen LogP contribution in [0.3, 0.4) is 0 Å². The van der Waals surface area contributed by atoms with Crippen molar-refractivity contribution in [1.29, 1.82) is 5.26 Å². The smallest absolute Gasteiger partial charge is 0.103 e. The molecule has 0 bridgehead atoms. The van der Waals surface area contributed by atoms with Gasteiger partial charge in [0, 0.05) is 23.6 Å². The maximum atomic E-state index is 9.08. The van der Waals surface area contributed by atoms with Crippen LogP contribution in [0, 0.1) is 11.3 Å². The second kappa shape index (κ2) is 6.01. The van der Waals surface area contributed by atoms with Gasteiger partial charge in [0.25, 0.3) is 0 Å². The van der Waals surface area contributed by atoms with Gasteiger partial charge >= 0.3 is 0 Å². The SMILES string of the molecule is N#Cc1c(Br)cccc1NCC1COCCN1. The number of hydrogen-bond donors (Lipinski definition) is 2. The van der Waals surface area contributed by atoms with Gasteiger partial charge in [-0.2, -0.15) is 5.26 Å². The van der Waals surface area contributed by atoms with E-state index in [4.69, 9.17) is 10.00 Å². The van der Waals surface area contributed by atoms with Crippen LogP contribution in [-0.4, -0.2) is 32.3 Å². The Hall–Kier alpha value is -1.09. The van der Waals surface area contributed by atoms with Crippen LogP contribution in [0.5, 0.6) is 0 Å². The molecule has 0 saturated carbocycles. The number of morpholine rings is 1. The lowest BCUT2D eigenvalue weighted by molar-refractivity contribution is 0.0806. The zero-order chi connectivity index (χ0) is 12.1. The molecule has 2 rings (SSSR count). The summed E-state index contributed by atoms with van der Waals surface area (Å²) < 4.78 is 6.19. The van der Waals surface area contributed by atoms with Crippen LogP contribution >= 0.6 is 15.9 Å². The average molecular weight is 296 g/mol. The normalized spacial score (nSPS) is 19.6. The number of benzene rings is 1. The van der Waals surface area contributed by atoms with Crippen LogP contribution in [0.2, 0.25) is 0 Å². The predicted octanol–water partition coefficient (Wildman–Crippen LogP) is 1.72. The van der Waals surface area contributed by atoms with Gasteiger partial charge in [-0.3, -0.25) is 0 Å². The van der Waals surface area contributed by atoms with Gasteiger partial charge in [0.1, 0.15) is 6.07 Å². The van der Waals surface area contributed by atoms with E-state index in [1.807, 2.05) is 18.2 Å². The van der Waals surface area contributed by atoms with Gasteiger partial charge in [0.05, 0.1) is 24.5 Å². The second-order valence-corrected chi connectivity index (χ2v) is 4.74. The summed E-state index contributed by atoms with van der Waals surface area (Å²) in [4.78, 5) is 0. The topological polar surface area (TPSA) is 57.1 Å². The molecule has 1 unspecified atom stereocenters. The lowest BCUT2D eigenvalue weighted by Crippen LogP contribution is -2.45. The van der Waals surface area contributed by atoms with Gasteiger partial charge in [0.2, 0.25) is 0 Å². The molecule has 0 amide bonds. The van der Waals surface area contributed by atoms with Crippen molar-refractivity contribution in [2.45, 2.75) is 6.04 Å². The van der Waals surface area contributed by atoms with Gasteiger partial charge in [-0.25, -0.2) is 0 Å². The van der Waals surface area contributed by atoms with Crippen LogP contribution in [-0.2, 0) is 4.74 Å². The maximum absolute atomic E-state index is 9.08. The number of halogens is 1. The van der Waals surface area contributed by atoms with Crippen molar-refractivity contribution in [3.05, 3.63) is 28.2 Å². The van der Waals surface area contributed by atoms with Gasteiger partial charge in [-0.1, -0.05) is 6.07 Å². The fraction of sp³-hybridized carbons (Fsp3) is 0.417. The molecule has 90 valence electrons. The Bertz CT molecular complexity index is 424. The monoisotopic (exact) mass is 295 g/mol. The lowest BCUT2D eigenvalue weighted by atomic mass is 10.2. The number of nitrogens with one attached hydrogen (secondary N) is 2. The van der Waals surface area contributed by atoms with Gasteiger partial charge < -0.3 is 15.4 Å². The Balaban J connectivity index is 1.99. The zero-order valence-corrected chi connectivity index (χ0v) is 11.0. The van der Waals surface area contributed by atoms with Crippen molar-refractivity contribution in [1.82, 2.24) is 5.32 Å². The maximum Gasteiger partial charge on any atom is 0.103 e. The summed E-state index contributed by atoms with van der Waals surface area (Å²) >= 11 is 3.37. The molecule has 4 nitrogen and oxygen atoms in total. The first-order valence-electron chi connectivity index (χ1n) is 5.55. The van der Waals surface area contributed by atoms with Crippen LogP contribution < -0.4 is 10.6 Å². The van der Waals surface area contributed by atoms with E-state index in [1.54, 1.807) is 0 Å². The summed E-state index contributed by atoms with van der Waals surface area (Å²) in [5.74, 6) is 0. The molecule has 1 aromatic carbocycles. The van der Waals surface area contributed by atoms with Gasteiger partial charge in [-0.05, 0) is 28.1 Å². The highest BCUT2D eigenvalue weighted by Gasteiger charge is 2.13. The van der Waals surface area contributed by atoms with Crippen LogP contribution in [0.25, 0.3) is 0 Å². The van der Waals surface area contributed by atoms with Gasteiger partial charge in [-0.15, -0.1) is 0 Å². The highest BCUT2D eigenvalue weighted by atomic mass is 79.9. The van der Waals surface area contributed by atoms with Crippen LogP contribution in [0.4, 0.5) is 5.69 Å². The molecule has 1 aliphatic rings. The van der Waals surface area contributed by atoms with E-state index in [1.165, 1.54) is 0 Å². The summed E-state index contributed by atoms with van der Waals surface area (Å²) in [6, 6.07) is 8.18. The second-order valence-electron chi connectivity index (χ2n) is 3.88. The molecule has 1 heterocycles. The molecule has 2 N–H and O–H groups in total. The predicted molar refractivity (Wildman–Crippen MR) is 70.0 cm³/mol. The first kappa shape index (κ1) is 12.4. The minimum atomic E-state index is 0.300. The standard InChI is InChI=1S/C12H14BrN3O/c13-11-2-1-3-12(10(11)6-14)16-7-9-8-17-5-4-15-9/h1-3,9,15-16H,4-5,7-8H2. The van der Waals surface area contributed by atoms with Crippen molar-refractivity contribution >= 4 is 21.6 Å². The first-order valence-corrected chi connectivity index (χ1v) is 6.34. The third kappa shape index (κ3) is 3.19. The molecule has 1 aliphatic heterocycles. The van der Waals surface area contributed by atoms with E-state index in [9.17, 15) is 0 Å². The van der Waals surface area contributed by atoms with Crippen molar-refractivity contribution < 1.29 is 4.74 Å². The summed E-state index contributed by atoms with van der Waals surface area (Å²) in [7, 11) is 0. The number of rotatable bonds is 3. The molecule has 1 saturated heterocycles. The van der Waals surface area contributed by atoms with Crippen molar-refractivity contribution in [3.8, 4) is 6.07 Å². The summed E-state index contributed by atoms with van der Waals surface area (Å²) in [5, 5.41) is 15.7. The third-order valence-electron chi connectivity index (χ3n) is 2.66. The molecule has 0 aromatic heterocycles. The molecule has 1 atom stereocenters. The number of nitriles is 1. The summed E-state index contributed by atoms with van der Waals surface area (Å²) in [6.07, 6.45) is 0. The molecule has 17 heavy (non-hydrogen) atoms. The molecule has 0 aliphatic carbocycles. The first-order chi connectivity index (χ1) is 8.31. The average Bonchev–Trinajstić information content (AvgIpc) is 2.37. The van der Waals surface area contributed by atoms with Crippen LogP contribution in [0.15, 0.2) is 22.7 Å². The van der Waals surface area contributed by atoms with E-state index in [0.717, 1.165) is 29.9 Å². The minimum absolute atomic E-state index is 0.300. The van der Waals surface area contributed by atoms with E-state index in [2.05, 4.69) is 32.6 Å². The Morgan fingerprint density at radius 1 is 1.59 bits per heavy atom.